The monoisotopic (exact) mass is 249 g/mol. The summed E-state index contributed by atoms with van der Waals surface area (Å²) in [6.07, 6.45) is 1.05. The Bertz CT molecular complexity index is 416. The van der Waals surface area contributed by atoms with E-state index in [2.05, 4.69) is 19.1 Å². The molecule has 1 amide bonds. The Morgan fingerprint density at radius 2 is 2.12 bits per heavy atom. The van der Waals surface area contributed by atoms with Crippen LogP contribution < -0.4 is 4.90 Å². The van der Waals surface area contributed by atoms with Gasteiger partial charge in [0.25, 0.3) is 0 Å². The van der Waals surface area contributed by atoms with E-state index < -0.39 is 0 Å². The van der Waals surface area contributed by atoms with E-state index in [1.807, 2.05) is 42.6 Å². The molecule has 1 unspecified atom stereocenters. The molecule has 1 aliphatic rings. The Kier molecular flexibility index (Phi) is 3.77. The number of benzene rings is 1. The fraction of sp³-hybridized carbons (Fsp3) is 0.500. The number of hydrogen-bond acceptors (Lipinski definition) is 2. The van der Waals surface area contributed by atoms with Crippen molar-refractivity contribution in [3.8, 4) is 0 Å². The zero-order chi connectivity index (χ0) is 12.4. The Hall–Kier alpha value is -0.960. The highest BCUT2D eigenvalue weighted by atomic mass is 32.2. The molecule has 1 heterocycles. The number of fused-ring (bicyclic) bond motifs is 1. The molecule has 0 aromatic heterocycles. The van der Waals surface area contributed by atoms with E-state index in [9.17, 15) is 4.79 Å². The molecule has 0 bridgehead atoms. The van der Waals surface area contributed by atoms with Crippen LogP contribution in [-0.2, 0) is 4.79 Å². The molecule has 17 heavy (non-hydrogen) atoms. The summed E-state index contributed by atoms with van der Waals surface area (Å²) in [6, 6.07) is 8.22. The van der Waals surface area contributed by atoms with Gasteiger partial charge in [0.15, 0.2) is 0 Å². The first kappa shape index (κ1) is 12.5. The van der Waals surface area contributed by atoms with Gasteiger partial charge in [0.05, 0.1) is 5.69 Å². The van der Waals surface area contributed by atoms with E-state index >= 15 is 0 Å². The number of carbonyl (C=O) groups excluding carboxylic acids is 1. The maximum Gasteiger partial charge on any atom is 0.229 e. The van der Waals surface area contributed by atoms with Crippen molar-refractivity contribution in [3.63, 3.8) is 0 Å². The molecule has 1 aromatic carbocycles. The van der Waals surface area contributed by atoms with Crippen LogP contribution in [0.2, 0.25) is 0 Å². The van der Waals surface area contributed by atoms with E-state index in [1.165, 1.54) is 4.90 Å². The van der Waals surface area contributed by atoms with E-state index in [0.29, 0.717) is 5.25 Å². The lowest BCUT2D eigenvalue weighted by Crippen LogP contribution is -2.35. The van der Waals surface area contributed by atoms with Crippen molar-refractivity contribution < 1.29 is 4.79 Å². The lowest BCUT2D eigenvalue weighted by molar-refractivity contribution is -0.121. The predicted molar refractivity (Wildman–Crippen MR) is 73.6 cm³/mol. The van der Waals surface area contributed by atoms with E-state index in [-0.39, 0.29) is 11.8 Å². The van der Waals surface area contributed by atoms with Crippen LogP contribution in [0.4, 0.5) is 5.69 Å². The minimum atomic E-state index is 0.0569. The van der Waals surface area contributed by atoms with Crippen LogP contribution in [0.5, 0.6) is 0 Å². The third kappa shape index (κ3) is 2.65. The summed E-state index contributed by atoms with van der Waals surface area (Å²) in [6.45, 7) is 6.99. The van der Waals surface area contributed by atoms with Crippen molar-refractivity contribution >= 4 is 23.4 Å². The first-order valence-corrected chi connectivity index (χ1v) is 7.04. The van der Waals surface area contributed by atoms with Gasteiger partial charge in [-0.2, -0.15) is 0 Å². The van der Waals surface area contributed by atoms with E-state index in [1.54, 1.807) is 0 Å². The van der Waals surface area contributed by atoms with Crippen LogP contribution in [0.3, 0.4) is 0 Å². The average Bonchev–Trinajstić information content (AvgIpc) is 2.46. The molecule has 92 valence electrons. The second kappa shape index (κ2) is 5.13. The third-order valence-corrected chi connectivity index (χ3v) is 4.24. The standard InChI is InChI=1S/C14H19NOS/c1-10(2)14(16)15-9-8-11(3)17-13-7-5-4-6-12(13)15/h4-7,10-11H,8-9H2,1-3H3. The quantitative estimate of drug-likeness (QED) is 0.758. The predicted octanol–water partition coefficient (Wildman–Crippen LogP) is 3.56. The molecule has 0 N–H and O–H groups in total. The number of amides is 1. The number of para-hydroxylation sites is 1. The number of rotatable bonds is 1. The van der Waals surface area contributed by atoms with Crippen LogP contribution in [-0.4, -0.2) is 17.7 Å². The summed E-state index contributed by atoms with van der Waals surface area (Å²) >= 11 is 1.87. The summed E-state index contributed by atoms with van der Waals surface area (Å²) in [7, 11) is 0. The van der Waals surface area contributed by atoms with Gasteiger partial charge in [-0.1, -0.05) is 32.9 Å². The minimum absolute atomic E-state index is 0.0569. The molecular weight excluding hydrogens is 230 g/mol. The molecule has 0 aliphatic carbocycles. The highest BCUT2D eigenvalue weighted by Gasteiger charge is 2.25. The van der Waals surface area contributed by atoms with Crippen LogP contribution in [0, 0.1) is 5.92 Å². The van der Waals surface area contributed by atoms with Gasteiger partial charge >= 0.3 is 0 Å². The number of nitrogens with zero attached hydrogens (tertiary/aromatic N) is 1. The van der Waals surface area contributed by atoms with Gasteiger partial charge in [-0.25, -0.2) is 0 Å². The molecule has 0 radical (unpaired) electrons. The third-order valence-electron chi connectivity index (χ3n) is 3.00. The molecule has 0 saturated heterocycles. The van der Waals surface area contributed by atoms with Gasteiger partial charge in [0, 0.05) is 22.6 Å². The molecule has 0 spiro atoms. The van der Waals surface area contributed by atoms with Crippen molar-refractivity contribution in [2.45, 2.75) is 37.3 Å². The topological polar surface area (TPSA) is 20.3 Å². The van der Waals surface area contributed by atoms with Crippen molar-refractivity contribution in [2.24, 2.45) is 5.92 Å². The summed E-state index contributed by atoms with van der Waals surface area (Å²) in [5.41, 5.74) is 1.08. The number of anilines is 1. The fourth-order valence-corrected chi connectivity index (χ4v) is 3.14. The SMILES string of the molecule is CC1CCN(C(=O)C(C)C)c2ccccc2S1. The summed E-state index contributed by atoms with van der Waals surface area (Å²) in [4.78, 5) is 15.4. The van der Waals surface area contributed by atoms with Gasteiger partial charge in [-0.3, -0.25) is 4.79 Å². The first-order chi connectivity index (χ1) is 8.09. The Labute approximate surface area is 107 Å². The number of thioether (sulfide) groups is 1. The normalized spacial score (nSPS) is 20.0. The van der Waals surface area contributed by atoms with Gasteiger partial charge < -0.3 is 4.90 Å². The lowest BCUT2D eigenvalue weighted by atomic mass is 10.1. The Morgan fingerprint density at radius 3 is 2.82 bits per heavy atom. The molecule has 2 nitrogen and oxygen atoms in total. The van der Waals surface area contributed by atoms with Crippen LogP contribution in [0.1, 0.15) is 27.2 Å². The zero-order valence-electron chi connectivity index (χ0n) is 10.6. The molecule has 2 rings (SSSR count). The van der Waals surface area contributed by atoms with Crippen molar-refractivity contribution in [3.05, 3.63) is 24.3 Å². The summed E-state index contributed by atoms with van der Waals surface area (Å²) in [5.74, 6) is 0.286. The molecule has 0 fully saturated rings. The average molecular weight is 249 g/mol. The molecule has 3 heteroatoms. The van der Waals surface area contributed by atoms with Gasteiger partial charge in [-0.15, -0.1) is 11.8 Å². The second-order valence-corrected chi connectivity index (χ2v) is 6.31. The van der Waals surface area contributed by atoms with Crippen molar-refractivity contribution in [1.82, 2.24) is 0 Å². The number of carbonyl (C=O) groups is 1. The zero-order valence-corrected chi connectivity index (χ0v) is 11.5. The smallest absolute Gasteiger partial charge is 0.229 e. The fourth-order valence-electron chi connectivity index (χ4n) is 2.03. The maximum absolute atomic E-state index is 12.2. The Morgan fingerprint density at radius 1 is 1.41 bits per heavy atom. The van der Waals surface area contributed by atoms with Gasteiger partial charge in [-0.05, 0) is 18.6 Å². The summed E-state index contributed by atoms with van der Waals surface area (Å²) in [5, 5.41) is 0.570. The van der Waals surface area contributed by atoms with E-state index in [0.717, 1.165) is 18.7 Å². The van der Waals surface area contributed by atoms with Crippen molar-refractivity contribution in [1.29, 1.82) is 0 Å². The Balaban J connectivity index is 2.38. The molecule has 0 saturated carbocycles. The van der Waals surface area contributed by atoms with Crippen molar-refractivity contribution in [2.75, 3.05) is 11.4 Å². The van der Waals surface area contributed by atoms with Crippen LogP contribution >= 0.6 is 11.8 Å². The highest BCUT2D eigenvalue weighted by molar-refractivity contribution is 8.00. The lowest BCUT2D eigenvalue weighted by Gasteiger charge is -2.24. The van der Waals surface area contributed by atoms with Crippen LogP contribution in [0.15, 0.2) is 29.2 Å². The van der Waals surface area contributed by atoms with Gasteiger partial charge in [0.1, 0.15) is 0 Å². The molecule has 1 atom stereocenters. The van der Waals surface area contributed by atoms with Crippen LogP contribution in [0.25, 0.3) is 0 Å². The molecule has 1 aliphatic heterocycles. The molecular formula is C14H19NOS. The minimum Gasteiger partial charge on any atom is -0.311 e. The molecule has 1 aromatic rings. The first-order valence-electron chi connectivity index (χ1n) is 6.16. The largest absolute Gasteiger partial charge is 0.311 e. The number of hydrogen-bond donors (Lipinski definition) is 0. The highest BCUT2D eigenvalue weighted by Crippen LogP contribution is 2.37. The maximum atomic E-state index is 12.2. The van der Waals surface area contributed by atoms with Gasteiger partial charge in [0.2, 0.25) is 5.91 Å². The summed E-state index contributed by atoms with van der Waals surface area (Å²) < 4.78 is 0. The second-order valence-electron chi connectivity index (χ2n) is 4.83. The van der Waals surface area contributed by atoms with E-state index in [4.69, 9.17) is 0 Å².